The Morgan fingerprint density at radius 2 is 1.71 bits per heavy atom. The van der Waals surface area contributed by atoms with Crippen LogP contribution in [0.3, 0.4) is 0 Å². The van der Waals surface area contributed by atoms with E-state index >= 15 is 0 Å². The van der Waals surface area contributed by atoms with Crippen molar-refractivity contribution in [2.24, 2.45) is 0 Å². The van der Waals surface area contributed by atoms with Crippen LogP contribution in [0.15, 0.2) is 70.6 Å². The van der Waals surface area contributed by atoms with E-state index in [1.807, 2.05) is 19.9 Å². The number of aliphatic hydroxyl groups is 1. The van der Waals surface area contributed by atoms with Gasteiger partial charge in [0.05, 0.1) is 31.4 Å². The molecule has 0 saturated carbocycles. The SMILES string of the molecule is CCCCOc1ccc(C2/C(=C(\O)c3ccc(OCCC)cc3)C(=O)C(=O)N2c2nnc(SCc3ccc(Cl)cc3Cl)s2)cc1OCC. The monoisotopic (exact) mass is 727 g/mol. The summed E-state index contributed by atoms with van der Waals surface area (Å²) in [4.78, 5) is 28.8. The van der Waals surface area contributed by atoms with Gasteiger partial charge < -0.3 is 19.3 Å². The lowest BCUT2D eigenvalue weighted by atomic mass is 9.95. The van der Waals surface area contributed by atoms with Crippen LogP contribution >= 0.6 is 46.3 Å². The fourth-order valence-corrected chi connectivity index (χ4v) is 7.40. The third-order valence-corrected chi connectivity index (χ3v) is 10.0. The second-order valence-electron chi connectivity index (χ2n) is 10.8. The number of rotatable bonds is 15. The van der Waals surface area contributed by atoms with Gasteiger partial charge in [-0.3, -0.25) is 14.5 Å². The summed E-state index contributed by atoms with van der Waals surface area (Å²) in [6.45, 7) is 7.38. The van der Waals surface area contributed by atoms with Gasteiger partial charge in [-0.05, 0) is 79.4 Å². The highest BCUT2D eigenvalue weighted by Gasteiger charge is 2.48. The van der Waals surface area contributed by atoms with Crippen LogP contribution in [0.4, 0.5) is 5.13 Å². The number of carbonyl (C=O) groups is 2. The van der Waals surface area contributed by atoms with Crippen LogP contribution in [0.25, 0.3) is 5.76 Å². The second kappa shape index (κ2) is 16.6. The Bertz CT molecular complexity index is 1800. The minimum atomic E-state index is -1.03. The first kappa shape index (κ1) is 35.5. The largest absolute Gasteiger partial charge is 0.507 e. The molecule has 2 heterocycles. The minimum Gasteiger partial charge on any atom is -0.507 e. The van der Waals surface area contributed by atoms with E-state index in [1.54, 1.807) is 54.6 Å². The van der Waals surface area contributed by atoms with Crippen molar-refractivity contribution in [2.45, 2.75) is 56.2 Å². The molecule has 0 bridgehead atoms. The van der Waals surface area contributed by atoms with Crippen molar-refractivity contribution in [1.29, 1.82) is 0 Å². The number of anilines is 1. The molecule has 1 aliphatic heterocycles. The number of unbranched alkanes of at least 4 members (excludes halogenated alkanes) is 1. The molecule has 1 saturated heterocycles. The summed E-state index contributed by atoms with van der Waals surface area (Å²) in [6, 6.07) is 16.2. The lowest BCUT2D eigenvalue weighted by Gasteiger charge is -2.23. The van der Waals surface area contributed by atoms with Gasteiger partial charge in [0.25, 0.3) is 5.78 Å². The summed E-state index contributed by atoms with van der Waals surface area (Å²) in [5.41, 5.74) is 1.67. The first-order chi connectivity index (χ1) is 23.2. The number of Topliss-reactive ketones (excluding diaryl/α,β-unsaturated/α-hetero) is 1. The van der Waals surface area contributed by atoms with Crippen LogP contribution in [0.2, 0.25) is 10.0 Å². The zero-order valence-electron chi connectivity index (χ0n) is 26.7. The topological polar surface area (TPSA) is 111 Å². The summed E-state index contributed by atoms with van der Waals surface area (Å²) < 4.78 is 18.2. The Morgan fingerprint density at radius 1 is 0.917 bits per heavy atom. The van der Waals surface area contributed by atoms with Gasteiger partial charge in [0.1, 0.15) is 11.5 Å². The van der Waals surface area contributed by atoms with Gasteiger partial charge in [-0.15, -0.1) is 10.2 Å². The Kier molecular flexibility index (Phi) is 12.3. The molecule has 1 fully saturated rings. The smallest absolute Gasteiger partial charge is 0.301 e. The van der Waals surface area contributed by atoms with E-state index in [9.17, 15) is 14.7 Å². The van der Waals surface area contributed by atoms with Crippen molar-refractivity contribution in [1.82, 2.24) is 10.2 Å². The molecule has 1 amide bonds. The van der Waals surface area contributed by atoms with Gasteiger partial charge in [-0.2, -0.15) is 0 Å². The van der Waals surface area contributed by atoms with E-state index in [2.05, 4.69) is 17.1 Å². The van der Waals surface area contributed by atoms with E-state index in [-0.39, 0.29) is 16.5 Å². The number of benzene rings is 3. The van der Waals surface area contributed by atoms with Crippen molar-refractivity contribution in [3.8, 4) is 17.2 Å². The van der Waals surface area contributed by atoms with Crippen LogP contribution in [0.5, 0.6) is 17.2 Å². The lowest BCUT2D eigenvalue weighted by molar-refractivity contribution is -0.132. The third kappa shape index (κ3) is 8.08. The molecule has 1 N–H and O–H groups in total. The number of hydrogen-bond acceptors (Lipinski definition) is 10. The summed E-state index contributed by atoms with van der Waals surface area (Å²) in [5, 5.41) is 21.5. The average molecular weight is 729 g/mol. The molecule has 252 valence electrons. The van der Waals surface area contributed by atoms with Crippen LogP contribution in [-0.4, -0.2) is 46.8 Å². The Labute approximate surface area is 297 Å². The maximum Gasteiger partial charge on any atom is 0.301 e. The molecule has 4 aromatic rings. The van der Waals surface area contributed by atoms with Crippen LogP contribution in [-0.2, 0) is 15.3 Å². The zero-order valence-corrected chi connectivity index (χ0v) is 29.8. The fraction of sp³-hybridized carbons (Fsp3) is 0.314. The van der Waals surface area contributed by atoms with Gasteiger partial charge in [0.15, 0.2) is 15.8 Å². The Balaban J connectivity index is 1.55. The quantitative estimate of drug-likeness (QED) is 0.0320. The minimum absolute atomic E-state index is 0.0818. The molecular formula is C35H35Cl2N3O6S2. The highest BCUT2D eigenvalue weighted by molar-refractivity contribution is 8.00. The normalized spacial score (nSPS) is 15.6. The van der Waals surface area contributed by atoms with Crippen LogP contribution < -0.4 is 19.1 Å². The molecule has 0 spiro atoms. The standard InChI is InChI=1S/C35H35Cl2N3O6S2/c1-4-7-17-46-27-15-11-22(18-28(27)44-6-3)30-29(31(41)21-9-13-25(14-10-21)45-16-5-2)32(42)33(43)40(30)34-38-39-35(48-34)47-20-23-8-12-24(36)19-26(23)37/h8-15,18-19,30,41H,4-7,16-17,20H2,1-3H3/b31-29+. The molecule has 1 atom stereocenters. The number of carbonyl (C=O) groups excluding carboxylic acids is 2. The van der Waals surface area contributed by atoms with Crippen molar-refractivity contribution < 1.29 is 28.9 Å². The molecule has 5 rings (SSSR count). The first-order valence-corrected chi connectivity index (χ1v) is 18.1. The number of ether oxygens (including phenoxy) is 3. The number of nitrogens with zero attached hydrogens (tertiary/aromatic N) is 3. The van der Waals surface area contributed by atoms with E-state index in [0.29, 0.717) is 68.3 Å². The van der Waals surface area contributed by atoms with Gasteiger partial charge in [-0.1, -0.05) is 78.7 Å². The molecule has 13 heteroatoms. The number of halogens is 2. The maximum absolute atomic E-state index is 13.8. The van der Waals surface area contributed by atoms with Crippen molar-refractivity contribution >= 4 is 68.9 Å². The first-order valence-electron chi connectivity index (χ1n) is 15.6. The zero-order chi connectivity index (χ0) is 34.2. The number of aliphatic hydroxyl groups excluding tert-OH is 1. The van der Waals surface area contributed by atoms with E-state index in [1.165, 1.54) is 16.7 Å². The molecular weight excluding hydrogens is 693 g/mol. The van der Waals surface area contributed by atoms with Gasteiger partial charge in [0.2, 0.25) is 5.13 Å². The molecule has 3 aromatic carbocycles. The Hall–Kier alpha value is -3.77. The van der Waals surface area contributed by atoms with Crippen molar-refractivity contribution in [3.05, 3.63) is 93.0 Å². The van der Waals surface area contributed by atoms with E-state index in [0.717, 1.165) is 36.2 Å². The molecule has 0 radical (unpaired) electrons. The summed E-state index contributed by atoms with van der Waals surface area (Å²) >= 11 is 15.0. The molecule has 1 unspecified atom stereocenters. The molecule has 1 aliphatic rings. The molecule has 9 nitrogen and oxygen atoms in total. The maximum atomic E-state index is 13.8. The molecule has 1 aromatic heterocycles. The van der Waals surface area contributed by atoms with Crippen LogP contribution in [0, 0.1) is 0 Å². The molecule has 0 aliphatic carbocycles. The third-order valence-electron chi connectivity index (χ3n) is 7.35. The van der Waals surface area contributed by atoms with E-state index in [4.69, 9.17) is 37.4 Å². The lowest BCUT2D eigenvalue weighted by Crippen LogP contribution is -2.29. The summed E-state index contributed by atoms with van der Waals surface area (Å²) in [5.74, 6) is 0.125. The predicted molar refractivity (Wildman–Crippen MR) is 191 cm³/mol. The second-order valence-corrected chi connectivity index (χ2v) is 13.8. The van der Waals surface area contributed by atoms with Crippen LogP contribution in [0.1, 0.15) is 62.8 Å². The fourth-order valence-electron chi connectivity index (χ4n) is 4.97. The van der Waals surface area contributed by atoms with Crippen molar-refractivity contribution in [2.75, 3.05) is 24.7 Å². The highest BCUT2D eigenvalue weighted by atomic mass is 35.5. The number of hydrogen-bond donors (Lipinski definition) is 1. The predicted octanol–water partition coefficient (Wildman–Crippen LogP) is 9.13. The van der Waals surface area contributed by atoms with Gasteiger partial charge >= 0.3 is 5.91 Å². The summed E-state index contributed by atoms with van der Waals surface area (Å²) in [7, 11) is 0. The Morgan fingerprint density at radius 3 is 2.42 bits per heavy atom. The number of aromatic nitrogens is 2. The highest BCUT2D eigenvalue weighted by Crippen LogP contribution is 2.46. The van der Waals surface area contributed by atoms with Crippen molar-refractivity contribution in [3.63, 3.8) is 0 Å². The number of thioether (sulfide) groups is 1. The molecule has 48 heavy (non-hydrogen) atoms. The number of ketones is 1. The number of amides is 1. The van der Waals surface area contributed by atoms with Gasteiger partial charge in [-0.25, -0.2) is 0 Å². The summed E-state index contributed by atoms with van der Waals surface area (Å²) in [6.07, 6.45) is 2.69. The average Bonchev–Trinajstić information content (AvgIpc) is 3.65. The van der Waals surface area contributed by atoms with Gasteiger partial charge in [0, 0.05) is 21.4 Å². The van der Waals surface area contributed by atoms with E-state index < -0.39 is 17.7 Å².